The summed E-state index contributed by atoms with van der Waals surface area (Å²) in [7, 11) is 0. The van der Waals surface area contributed by atoms with E-state index in [1.165, 1.54) is 11.3 Å². The molecule has 1 amide bonds. The van der Waals surface area contributed by atoms with Crippen LogP contribution in [0.4, 0.5) is 11.6 Å². The van der Waals surface area contributed by atoms with E-state index in [-0.39, 0.29) is 11.9 Å². The Morgan fingerprint density at radius 3 is 2.69 bits per heavy atom. The molecule has 0 aliphatic rings. The summed E-state index contributed by atoms with van der Waals surface area (Å²) >= 11 is 1.35. The van der Waals surface area contributed by atoms with Crippen molar-refractivity contribution in [2.24, 2.45) is 0 Å². The molecule has 5 nitrogen and oxygen atoms in total. The minimum Gasteiger partial charge on any atom is -0.398 e. The Balaban J connectivity index is 2.15. The van der Waals surface area contributed by atoms with Crippen molar-refractivity contribution >= 4 is 28.9 Å². The molecular formula is C10H10N4OS. The molecule has 3 N–H and O–H groups in total. The highest BCUT2D eigenvalue weighted by atomic mass is 32.1. The lowest BCUT2D eigenvalue weighted by Gasteiger charge is -1.99. The Bertz CT molecular complexity index is 489. The summed E-state index contributed by atoms with van der Waals surface area (Å²) in [6.45, 7) is 1.87. The second-order valence-electron chi connectivity index (χ2n) is 3.15. The third-order valence-corrected chi connectivity index (χ3v) is 3.04. The first-order valence-electron chi connectivity index (χ1n) is 4.61. The van der Waals surface area contributed by atoms with E-state index in [1.54, 1.807) is 24.5 Å². The Morgan fingerprint density at radius 1 is 1.44 bits per heavy atom. The zero-order valence-electron chi connectivity index (χ0n) is 8.60. The Hall–Kier alpha value is -1.95. The molecule has 0 aliphatic heterocycles. The van der Waals surface area contributed by atoms with E-state index in [1.807, 2.05) is 6.92 Å². The lowest BCUT2D eigenvalue weighted by Crippen LogP contribution is -2.12. The van der Waals surface area contributed by atoms with Crippen molar-refractivity contribution < 1.29 is 4.79 Å². The summed E-state index contributed by atoms with van der Waals surface area (Å²) in [5.74, 6) is 0.0492. The number of nitrogens with two attached hydrogens (primary N) is 1. The van der Waals surface area contributed by atoms with Gasteiger partial charge in [-0.05, 0) is 19.1 Å². The number of nitrogens with one attached hydrogen (secondary N) is 1. The molecule has 0 unspecified atom stereocenters. The molecule has 0 aliphatic carbocycles. The van der Waals surface area contributed by atoms with Gasteiger partial charge in [0.15, 0.2) is 0 Å². The van der Waals surface area contributed by atoms with E-state index < -0.39 is 0 Å². The van der Waals surface area contributed by atoms with Crippen molar-refractivity contribution in [3.8, 4) is 0 Å². The molecule has 2 heterocycles. The van der Waals surface area contributed by atoms with Crippen LogP contribution in [0.25, 0.3) is 0 Å². The average molecular weight is 234 g/mol. The number of amides is 1. The molecule has 0 radical (unpaired) electrons. The monoisotopic (exact) mass is 234 g/mol. The molecule has 16 heavy (non-hydrogen) atoms. The minimum atomic E-state index is -0.240. The molecule has 0 spiro atoms. The lowest BCUT2D eigenvalue weighted by atomic mass is 10.3. The number of carbonyl (C=O) groups is 1. The van der Waals surface area contributed by atoms with Gasteiger partial charge < -0.3 is 5.73 Å². The maximum atomic E-state index is 11.7. The molecule has 6 heteroatoms. The van der Waals surface area contributed by atoms with Crippen LogP contribution in [0.2, 0.25) is 0 Å². The van der Waals surface area contributed by atoms with E-state index >= 15 is 0 Å². The van der Waals surface area contributed by atoms with Gasteiger partial charge in [-0.25, -0.2) is 9.97 Å². The van der Waals surface area contributed by atoms with Crippen LogP contribution in [0.5, 0.6) is 0 Å². The lowest BCUT2D eigenvalue weighted by molar-refractivity contribution is 0.102. The van der Waals surface area contributed by atoms with E-state index in [0.717, 1.165) is 4.88 Å². The number of hydrogen-bond donors (Lipinski definition) is 2. The highest BCUT2D eigenvalue weighted by Gasteiger charge is 2.11. The second kappa shape index (κ2) is 4.28. The molecule has 0 bridgehead atoms. The first-order chi connectivity index (χ1) is 7.66. The van der Waals surface area contributed by atoms with Gasteiger partial charge in [0.05, 0.1) is 4.88 Å². The number of hydrogen-bond acceptors (Lipinski definition) is 5. The quantitative estimate of drug-likeness (QED) is 0.828. The number of thiophene rings is 1. The zero-order chi connectivity index (χ0) is 11.5. The Morgan fingerprint density at radius 2 is 2.12 bits per heavy atom. The summed E-state index contributed by atoms with van der Waals surface area (Å²) < 4.78 is 0. The Kier molecular flexibility index (Phi) is 2.82. The zero-order valence-corrected chi connectivity index (χ0v) is 9.41. The summed E-state index contributed by atoms with van der Waals surface area (Å²) in [5.41, 5.74) is 6.30. The number of anilines is 2. The molecule has 0 saturated carbocycles. The van der Waals surface area contributed by atoms with E-state index in [9.17, 15) is 4.79 Å². The predicted octanol–water partition coefficient (Wildman–Crippen LogP) is 1.68. The van der Waals surface area contributed by atoms with Crippen molar-refractivity contribution in [3.05, 3.63) is 34.3 Å². The highest BCUT2D eigenvalue weighted by molar-refractivity contribution is 7.14. The number of carbonyl (C=O) groups excluding carboxylic acids is 1. The van der Waals surface area contributed by atoms with Crippen LogP contribution in [-0.4, -0.2) is 15.9 Å². The third kappa shape index (κ3) is 2.17. The first-order valence-corrected chi connectivity index (χ1v) is 5.43. The summed E-state index contributed by atoms with van der Waals surface area (Å²) in [6.07, 6.45) is 3.13. The van der Waals surface area contributed by atoms with Gasteiger partial charge in [0.2, 0.25) is 5.95 Å². The van der Waals surface area contributed by atoms with Crippen molar-refractivity contribution in [2.45, 2.75) is 6.92 Å². The number of nitrogen functional groups attached to an aromatic ring is 1. The summed E-state index contributed by atoms with van der Waals surface area (Å²) in [5, 5.41) is 2.59. The van der Waals surface area contributed by atoms with Gasteiger partial charge in [-0.15, -0.1) is 11.3 Å². The van der Waals surface area contributed by atoms with Crippen LogP contribution in [0.15, 0.2) is 24.5 Å². The van der Waals surface area contributed by atoms with Gasteiger partial charge >= 0.3 is 0 Å². The molecular weight excluding hydrogens is 224 g/mol. The van der Waals surface area contributed by atoms with Crippen molar-refractivity contribution in [1.29, 1.82) is 0 Å². The summed E-state index contributed by atoms with van der Waals surface area (Å²) in [6, 6.07) is 3.33. The fourth-order valence-electron chi connectivity index (χ4n) is 1.13. The number of aryl methyl sites for hydroxylation is 1. The molecule has 82 valence electrons. The number of rotatable bonds is 2. The van der Waals surface area contributed by atoms with Gasteiger partial charge in [0, 0.05) is 23.0 Å². The van der Waals surface area contributed by atoms with Crippen molar-refractivity contribution in [3.63, 3.8) is 0 Å². The van der Waals surface area contributed by atoms with Crippen LogP contribution in [-0.2, 0) is 0 Å². The molecule has 0 aromatic carbocycles. The van der Waals surface area contributed by atoms with Crippen LogP contribution in [0.3, 0.4) is 0 Å². The minimum absolute atomic E-state index is 0.240. The second-order valence-corrected chi connectivity index (χ2v) is 4.41. The van der Waals surface area contributed by atoms with E-state index in [0.29, 0.717) is 10.6 Å². The maximum absolute atomic E-state index is 11.7. The normalized spacial score (nSPS) is 10.1. The maximum Gasteiger partial charge on any atom is 0.268 e. The average Bonchev–Trinajstić information content (AvgIpc) is 2.61. The van der Waals surface area contributed by atoms with Gasteiger partial charge in [-0.1, -0.05) is 0 Å². The summed E-state index contributed by atoms with van der Waals surface area (Å²) in [4.78, 5) is 21.0. The van der Waals surface area contributed by atoms with Gasteiger partial charge in [-0.3, -0.25) is 10.1 Å². The van der Waals surface area contributed by atoms with Gasteiger partial charge in [0.25, 0.3) is 5.91 Å². The topological polar surface area (TPSA) is 80.9 Å². The number of nitrogens with zero attached hydrogens (tertiary/aromatic N) is 2. The first kappa shape index (κ1) is 10.6. The van der Waals surface area contributed by atoms with Crippen LogP contribution < -0.4 is 11.1 Å². The smallest absolute Gasteiger partial charge is 0.268 e. The van der Waals surface area contributed by atoms with Crippen molar-refractivity contribution in [1.82, 2.24) is 9.97 Å². The predicted molar refractivity (Wildman–Crippen MR) is 63.5 cm³/mol. The molecule has 0 saturated heterocycles. The highest BCUT2D eigenvalue weighted by Crippen LogP contribution is 2.23. The molecule has 2 aromatic heterocycles. The van der Waals surface area contributed by atoms with E-state index in [4.69, 9.17) is 5.73 Å². The Labute approximate surface area is 96.3 Å². The van der Waals surface area contributed by atoms with Crippen LogP contribution in [0.1, 0.15) is 14.5 Å². The van der Waals surface area contributed by atoms with Crippen LogP contribution >= 0.6 is 11.3 Å². The van der Waals surface area contributed by atoms with Crippen molar-refractivity contribution in [2.75, 3.05) is 11.1 Å². The standard InChI is InChI=1S/C10H10N4OS/c1-6-7(11)5-8(16-6)9(15)14-10-12-3-2-4-13-10/h2-5H,11H2,1H3,(H,12,13,14,15). The van der Waals surface area contributed by atoms with Gasteiger partial charge in [0.1, 0.15) is 0 Å². The fourth-order valence-corrected chi connectivity index (χ4v) is 1.97. The third-order valence-electron chi connectivity index (χ3n) is 1.97. The van der Waals surface area contributed by atoms with Gasteiger partial charge in [-0.2, -0.15) is 0 Å². The number of aromatic nitrogens is 2. The molecule has 0 atom stereocenters. The molecule has 2 rings (SSSR count). The molecule has 2 aromatic rings. The largest absolute Gasteiger partial charge is 0.398 e. The fraction of sp³-hybridized carbons (Fsp3) is 0.100. The molecule has 0 fully saturated rings. The van der Waals surface area contributed by atoms with E-state index in [2.05, 4.69) is 15.3 Å². The SMILES string of the molecule is Cc1sc(C(=O)Nc2ncccn2)cc1N. The van der Waals surface area contributed by atoms with Crippen LogP contribution in [0, 0.1) is 6.92 Å².